The van der Waals surface area contributed by atoms with E-state index in [1.54, 1.807) is 0 Å². The van der Waals surface area contributed by atoms with Crippen molar-refractivity contribution in [2.24, 2.45) is 17.4 Å². The number of nitrogens with two attached hydrogens (primary N) is 2. The van der Waals surface area contributed by atoms with Crippen LogP contribution in [0.15, 0.2) is 30.5 Å². The van der Waals surface area contributed by atoms with Gasteiger partial charge in [0.1, 0.15) is 5.54 Å². The first-order valence-corrected chi connectivity index (χ1v) is 10.2. The first-order chi connectivity index (χ1) is 14.2. The topological polar surface area (TPSA) is 166 Å². The third-order valence-corrected chi connectivity index (χ3v) is 6.06. The number of para-hydroxylation sites is 1. The van der Waals surface area contributed by atoms with Crippen molar-refractivity contribution >= 4 is 29.9 Å². The molecule has 1 saturated heterocycles. The lowest BCUT2D eigenvalue weighted by atomic mass is 9.78. The minimum absolute atomic E-state index is 0.103. The molecule has 1 fully saturated rings. The second kappa shape index (κ2) is 9.17. The Bertz CT molecular complexity index is 904. The standard InChI is InChI=1S/C20H29BN4O5/c22-16(8-7-13-10-24-17-6-2-1-5-15(13)17)18(26)25-11-14(4-3-9-21(29)30)20(23,12-25)19(27)28/h1-2,5-6,10,14,16,24,29-30H,3-4,7-9,11-12,22-23H2,(H,27,28)/t14?,16-,20-/m0/s1. The quantitative estimate of drug-likeness (QED) is 0.311. The van der Waals surface area contributed by atoms with Crippen molar-refractivity contribution in [3.63, 3.8) is 0 Å². The van der Waals surface area contributed by atoms with Gasteiger partial charge in [-0.05, 0) is 37.2 Å². The molecule has 1 aliphatic heterocycles. The highest BCUT2D eigenvalue weighted by Gasteiger charge is 2.50. The molecular formula is C20H29BN4O5. The van der Waals surface area contributed by atoms with Gasteiger partial charge in [-0.2, -0.15) is 0 Å². The van der Waals surface area contributed by atoms with E-state index in [9.17, 15) is 14.7 Å². The summed E-state index contributed by atoms with van der Waals surface area (Å²) in [5.41, 5.74) is 12.8. The van der Waals surface area contributed by atoms with Crippen molar-refractivity contribution in [3.8, 4) is 0 Å². The molecule has 9 nitrogen and oxygen atoms in total. The first kappa shape index (κ1) is 22.3. The Labute approximate surface area is 175 Å². The van der Waals surface area contributed by atoms with Crippen molar-refractivity contribution in [1.82, 2.24) is 9.88 Å². The number of carboxylic acid groups (broad SMARTS) is 1. The van der Waals surface area contributed by atoms with E-state index in [0.29, 0.717) is 25.7 Å². The van der Waals surface area contributed by atoms with E-state index < -0.39 is 30.6 Å². The predicted octanol–water partition coefficient (Wildman–Crippen LogP) is -0.0787. The lowest BCUT2D eigenvalue weighted by molar-refractivity contribution is -0.144. The van der Waals surface area contributed by atoms with E-state index in [0.717, 1.165) is 16.5 Å². The van der Waals surface area contributed by atoms with Gasteiger partial charge in [-0.3, -0.25) is 9.59 Å². The molecule has 0 radical (unpaired) electrons. The van der Waals surface area contributed by atoms with E-state index in [4.69, 9.17) is 21.5 Å². The number of nitrogens with one attached hydrogen (secondary N) is 1. The van der Waals surface area contributed by atoms with Gasteiger partial charge in [0, 0.05) is 36.1 Å². The Morgan fingerprint density at radius 1 is 1.33 bits per heavy atom. The Kier molecular flexibility index (Phi) is 6.82. The third-order valence-electron chi connectivity index (χ3n) is 6.06. The normalized spacial score (nSPS) is 22.4. The molecule has 0 bridgehead atoms. The number of benzene rings is 1. The summed E-state index contributed by atoms with van der Waals surface area (Å²) in [6, 6.07) is 7.15. The number of aromatic nitrogens is 1. The highest BCUT2D eigenvalue weighted by molar-refractivity contribution is 6.40. The fourth-order valence-corrected chi connectivity index (χ4v) is 4.25. The molecule has 8 N–H and O–H groups in total. The number of likely N-dealkylation sites (tertiary alicyclic amines) is 1. The van der Waals surface area contributed by atoms with Gasteiger partial charge in [-0.1, -0.05) is 24.6 Å². The van der Waals surface area contributed by atoms with Gasteiger partial charge < -0.3 is 36.5 Å². The number of aliphatic carboxylic acids is 1. The zero-order chi connectivity index (χ0) is 21.9. The summed E-state index contributed by atoms with van der Waals surface area (Å²) in [5.74, 6) is -1.95. The molecule has 1 aliphatic rings. The van der Waals surface area contributed by atoms with E-state index in [1.165, 1.54) is 4.90 Å². The maximum atomic E-state index is 12.9. The number of nitrogens with zero attached hydrogens (tertiary/aromatic N) is 1. The van der Waals surface area contributed by atoms with Gasteiger partial charge in [0.15, 0.2) is 0 Å². The number of fused-ring (bicyclic) bond motifs is 1. The van der Waals surface area contributed by atoms with Crippen LogP contribution in [0.2, 0.25) is 6.32 Å². The average Bonchev–Trinajstić information content (AvgIpc) is 3.27. The lowest BCUT2D eigenvalue weighted by Gasteiger charge is -2.25. The van der Waals surface area contributed by atoms with Crippen LogP contribution in [0, 0.1) is 5.92 Å². The molecule has 0 aliphatic carbocycles. The van der Waals surface area contributed by atoms with Crippen LogP contribution in [0.1, 0.15) is 24.8 Å². The molecule has 0 saturated carbocycles. The fourth-order valence-electron chi connectivity index (χ4n) is 4.25. The highest BCUT2D eigenvalue weighted by Crippen LogP contribution is 2.31. The Morgan fingerprint density at radius 2 is 2.07 bits per heavy atom. The molecule has 0 spiro atoms. The summed E-state index contributed by atoms with van der Waals surface area (Å²) < 4.78 is 0. The highest BCUT2D eigenvalue weighted by atomic mass is 16.4. The number of aryl methyl sites for hydroxylation is 1. The van der Waals surface area contributed by atoms with Crippen molar-refractivity contribution < 1.29 is 24.7 Å². The number of carboxylic acids is 1. The largest absolute Gasteiger partial charge is 0.480 e. The van der Waals surface area contributed by atoms with Gasteiger partial charge in [0.25, 0.3) is 0 Å². The van der Waals surface area contributed by atoms with Crippen LogP contribution in [0.4, 0.5) is 0 Å². The van der Waals surface area contributed by atoms with Crippen LogP contribution in [0.5, 0.6) is 0 Å². The number of carbonyl (C=O) groups excluding carboxylic acids is 1. The maximum absolute atomic E-state index is 12.9. The van der Waals surface area contributed by atoms with E-state index in [1.807, 2.05) is 30.5 Å². The van der Waals surface area contributed by atoms with Crippen LogP contribution >= 0.6 is 0 Å². The van der Waals surface area contributed by atoms with Crippen molar-refractivity contribution in [2.45, 2.75) is 43.6 Å². The minimum Gasteiger partial charge on any atom is -0.480 e. The SMILES string of the molecule is N[C@@H](CCc1c[nH]c2ccccc12)C(=O)N1CC(CCCB(O)O)[C@](N)(C(=O)O)C1. The molecule has 3 atom stereocenters. The van der Waals surface area contributed by atoms with Crippen molar-refractivity contribution in [1.29, 1.82) is 0 Å². The van der Waals surface area contributed by atoms with E-state index in [2.05, 4.69) is 4.98 Å². The molecule has 10 heteroatoms. The molecule has 162 valence electrons. The van der Waals surface area contributed by atoms with Crippen LogP contribution in [-0.2, 0) is 16.0 Å². The summed E-state index contributed by atoms with van der Waals surface area (Å²) in [5, 5.41) is 28.7. The number of aromatic amines is 1. The van der Waals surface area contributed by atoms with Crippen LogP contribution in [0.3, 0.4) is 0 Å². The molecule has 30 heavy (non-hydrogen) atoms. The minimum atomic E-state index is -1.56. The fraction of sp³-hybridized carbons (Fsp3) is 0.500. The monoisotopic (exact) mass is 416 g/mol. The zero-order valence-electron chi connectivity index (χ0n) is 16.8. The number of carbonyl (C=O) groups is 2. The summed E-state index contributed by atoms with van der Waals surface area (Å²) in [7, 11) is -1.45. The van der Waals surface area contributed by atoms with Gasteiger partial charge >= 0.3 is 13.1 Å². The smallest absolute Gasteiger partial charge is 0.451 e. The molecule has 3 rings (SSSR count). The molecule has 2 heterocycles. The summed E-state index contributed by atoms with van der Waals surface area (Å²) >= 11 is 0. The number of H-pyrrole nitrogens is 1. The molecule has 2 aromatic rings. The molecular weight excluding hydrogens is 387 g/mol. The Hall–Kier alpha value is -2.40. The van der Waals surface area contributed by atoms with Crippen LogP contribution < -0.4 is 11.5 Å². The van der Waals surface area contributed by atoms with Gasteiger partial charge in [0.2, 0.25) is 5.91 Å². The number of rotatable bonds is 9. The summed E-state index contributed by atoms with van der Waals surface area (Å²) in [6.07, 6.45) is 3.89. The Balaban J connectivity index is 1.61. The molecule has 1 unspecified atom stereocenters. The average molecular weight is 416 g/mol. The van der Waals surface area contributed by atoms with E-state index >= 15 is 0 Å². The first-order valence-electron chi connectivity index (χ1n) is 10.2. The number of amides is 1. The van der Waals surface area contributed by atoms with Gasteiger partial charge in [-0.15, -0.1) is 0 Å². The molecule has 1 aromatic carbocycles. The van der Waals surface area contributed by atoms with E-state index in [-0.39, 0.29) is 25.3 Å². The van der Waals surface area contributed by atoms with Gasteiger partial charge in [0.05, 0.1) is 6.04 Å². The summed E-state index contributed by atoms with van der Waals surface area (Å²) in [4.78, 5) is 29.3. The van der Waals surface area contributed by atoms with Crippen molar-refractivity contribution in [3.05, 3.63) is 36.0 Å². The van der Waals surface area contributed by atoms with Crippen LogP contribution in [-0.4, -0.2) is 68.7 Å². The summed E-state index contributed by atoms with van der Waals surface area (Å²) in [6.45, 7) is 0.0955. The van der Waals surface area contributed by atoms with Gasteiger partial charge in [-0.25, -0.2) is 0 Å². The number of hydrogen-bond donors (Lipinski definition) is 6. The molecule has 1 aromatic heterocycles. The Morgan fingerprint density at radius 3 is 2.77 bits per heavy atom. The second-order valence-electron chi connectivity index (χ2n) is 8.18. The maximum Gasteiger partial charge on any atom is 0.451 e. The third kappa shape index (κ3) is 4.67. The molecule has 1 amide bonds. The zero-order valence-corrected chi connectivity index (χ0v) is 16.8. The lowest BCUT2D eigenvalue weighted by Crippen LogP contribution is -2.55. The van der Waals surface area contributed by atoms with Crippen LogP contribution in [0.25, 0.3) is 10.9 Å². The van der Waals surface area contributed by atoms with Crippen molar-refractivity contribution in [2.75, 3.05) is 13.1 Å². The second-order valence-corrected chi connectivity index (χ2v) is 8.18. The predicted molar refractivity (Wildman–Crippen MR) is 113 cm³/mol. The number of hydrogen-bond acceptors (Lipinski definition) is 6.